The number of piperidine rings is 1. The van der Waals surface area contributed by atoms with E-state index >= 15 is 0 Å². The minimum Gasteiger partial charge on any atom is -0.337 e. The van der Waals surface area contributed by atoms with Gasteiger partial charge in [-0.15, -0.1) is 17.5 Å². The Morgan fingerprint density at radius 2 is 1.83 bits per heavy atom. The zero-order valence-electron chi connectivity index (χ0n) is 13.9. The van der Waals surface area contributed by atoms with Crippen LogP contribution in [0.25, 0.3) is 0 Å². The summed E-state index contributed by atoms with van der Waals surface area (Å²) in [6, 6.07) is 0.734. The Kier molecular flexibility index (Phi) is 6.84. The summed E-state index contributed by atoms with van der Waals surface area (Å²) >= 11 is 0. The van der Waals surface area contributed by atoms with Crippen LogP contribution in [0.2, 0.25) is 0 Å². The van der Waals surface area contributed by atoms with Crippen molar-refractivity contribution in [1.29, 1.82) is 0 Å². The molecule has 0 unspecified atom stereocenters. The number of amides is 1. The monoisotopic (exact) mass is 341 g/mol. The highest BCUT2D eigenvalue weighted by Gasteiger charge is 2.25. The second kappa shape index (κ2) is 8.64. The number of carbonyl (C=O) groups is 1. The number of hydrogen-bond donors (Lipinski definition) is 1. The first-order chi connectivity index (χ1) is 10.8. The SMILES string of the molecule is CN(C(=O)c1cn(C2CCNCC2)nn1)C1CCCCCC1.Cl. The molecule has 1 aliphatic heterocycles. The molecule has 0 spiro atoms. The Labute approximate surface area is 144 Å². The lowest BCUT2D eigenvalue weighted by Crippen LogP contribution is -2.37. The maximum Gasteiger partial charge on any atom is 0.276 e. The average Bonchev–Trinajstić information content (AvgIpc) is 2.90. The summed E-state index contributed by atoms with van der Waals surface area (Å²) in [5.41, 5.74) is 0.491. The molecule has 1 aromatic heterocycles. The minimum atomic E-state index is 0. The maximum absolute atomic E-state index is 12.7. The molecule has 0 bridgehead atoms. The molecule has 0 radical (unpaired) electrons. The summed E-state index contributed by atoms with van der Waals surface area (Å²) < 4.78 is 1.88. The smallest absolute Gasteiger partial charge is 0.276 e. The minimum absolute atomic E-state index is 0. The molecule has 6 nitrogen and oxygen atoms in total. The topological polar surface area (TPSA) is 63.1 Å². The van der Waals surface area contributed by atoms with Crippen LogP contribution >= 0.6 is 12.4 Å². The zero-order chi connectivity index (χ0) is 15.4. The van der Waals surface area contributed by atoms with Crippen molar-refractivity contribution in [3.8, 4) is 0 Å². The molecule has 2 heterocycles. The maximum atomic E-state index is 12.7. The van der Waals surface area contributed by atoms with Gasteiger partial charge in [-0.05, 0) is 38.8 Å². The third-order valence-electron chi connectivity index (χ3n) is 5.10. The highest BCUT2D eigenvalue weighted by atomic mass is 35.5. The molecule has 1 aromatic rings. The summed E-state index contributed by atoms with van der Waals surface area (Å²) in [5.74, 6) is 0.0204. The zero-order valence-corrected chi connectivity index (χ0v) is 14.7. The van der Waals surface area contributed by atoms with E-state index in [4.69, 9.17) is 0 Å². The van der Waals surface area contributed by atoms with Gasteiger partial charge >= 0.3 is 0 Å². The van der Waals surface area contributed by atoms with Gasteiger partial charge in [0.15, 0.2) is 5.69 Å². The second-order valence-corrected chi connectivity index (χ2v) is 6.63. The lowest BCUT2D eigenvalue weighted by atomic mass is 10.1. The van der Waals surface area contributed by atoms with Gasteiger partial charge in [-0.1, -0.05) is 30.9 Å². The molecule has 1 aliphatic carbocycles. The normalized spacial score (nSPS) is 20.6. The molecule has 1 saturated heterocycles. The average molecular weight is 342 g/mol. The van der Waals surface area contributed by atoms with E-state index in [1.807, 2.05) is 22.8 Å². The van der Waals surface area contributed by atoms with Crippen LogP contribution in [0.15, 0.2) is 6.20 Å². The fraction of sp³-hybridized carbons (Fsp3) is 0.812. The highest BCUT2D eigenvalue weighted by Crippen LogP contribution is 2.22. The van der Waals surface area contributed by atoms with E-state index in [2.05, 4.69) is 15.6 Å². The molecule has 2 aliphatic rings. The van der Waals surface area contributed by atoms with Gasteiger partial charge in [0.25, 0.3) is 5.91 Å². The molecular weight excluding hydrogens is 314 g/mol. The Balaban J connectivity index is 0.00000192. The predicted octanol–water partition coefficient (Wildman–Crippen LogP) is 2.42. The molecule has 3 rings (SSSR count). The highest BCUT2D eigenvalue weighted by molar-refractivity contribution is 5.91. The van der Waals surface area contributed by atoms with E-state index in [1.54, 1.807) is 0 Å². The van der Waals surface area contributed by atoms with Gasteiger partial charge in [-0.3, -0.25) is 4.79 Å². The van der Waals surface area contributed by atoms with E-state index in [9.17, 15) is 4.79 Å². The number of aromatic nitrogens is 3. The van der Waals surface area contributed by atoms with Crippen LogP contribution in [0.3, 0.4) is 0 Å². The van der Waals surface area contributed by atoms with E-state index in [1.165, 1.54) is 25.7 Å². The van der Waals surface area contributed by atoms with E-state index < -0.39 is 0 Å². The fourth-order valence-corrected chi connectivity index (χ4v) is 3.62. The van der Waals surface area contributed by atoms with Crippen LogP contribution in [0.4, 0.5) is 0 Å². The van der Waals surface area contributed by atoms with Gasteiger partial charge in [0.05, 0.1) is 12.2 Å². The van der Waals surface area contributed by atoms with Crippen LogP contribution in [0, 0.1) is 0 Å². The first kappa shape index (κ1) is 18.2. The number of nitrogens with zero attached hydrogens (tertiary/aromatic N) is 4. The van der Waals surface area contributed by atoms with Crippen molar-refractivity contribution in [3.05, 3.63) is 11.9 Å². The van der Waals surface area contributed by atoms with Crippen molar-refractivity contribution in [2.75, 3.05) is 20.1 Å². The number of rotatable bonds is 3. The van der Waals surface area contributed by atoms with Gasteiger partial charge in [0.1, 0.15) is 0 Å². The molecular formula is C16H28ClN5O. The third-order valence-corrected chi connectivity index (χ3v) is 5.10. The Hall–Kier alpha value is -1.14. The van der Waals surface area contributed by atoms with Gasteiger partial charge in [-0.25, -0.2) is 4.68 Å². The van der Waals surface area contributed by atoms with Gasteiger partial charge in [-0.2, -0.15) is 0 Å². The molecule has 1 saturated carbocycles. The summed E-state index contributed by atoms with van der Waals surface area (Å²) in [7, 11) is 1.92. The third kappa shape index (κ3) is 4.44. The van der Waals surface area contributed by atoms with Crippen molar-refractivity contribution in [2.24, 2.45) is 0 Å². The van der Waals surface area contributed by atoms with E-state index in [-0.39, 0.29) is 18.3 Å². The predicted molar refractivity (Wildman–Crippen MR) is 92.0 cm³/mol. The summed E-state index contributed by atoms with van der Waals surface area (Å²) in [4.78, 5) is 14.5. The standard InChI is InChI=1S/C16H27N5O.ClH/c1-20(13-6-4-2-3-5-7-13)16(22)15-12-21(19-18-15)14-8-10-17-11-9-14;/h12-14,17H,2-11H2,1H3;1H. The van der Waals surface area contributed by atoms with Crippen LogP contribution in [-0.4, -0.2) is 52.0 Å². The lowest BCUT2D eigenvalue weighted by Gasteiger charge is -2.26. The first-order valence-electron chi connectivity index (χ1n) is 8.65. The summed E-state index contributed by atoms with van der Waals surface area (Å²) in [6.07, 6.45) is 11.2. The first-order valence-corrected chi connectivity index (χ1v) is 8.65. The lowest BCUT2D eigenvalue weighted by molar-refractivity contribution is 0.0711. The molecule has 2 fully saturated rings. The number of halogens is 1. The van der Waals surface area contributed by atoms with Gasteiger partial charge in [0.2, 0.25) is 0 Å². The molecule has 1 N–H and O–H groups in total. The second-order valence-electron chi connectivity index (χ2n) is 6.63. The molecule has 7 heteroatoms. The summed E-state index contributed by atoms with van der Waals surface area (Å²) in [6.45, 7) is 2.02. The van der Waals surface area contributed by atoms with E-state index in [0.717, 1.165) is 38.8 Å². The Morgan fingerprint density at radius 3 is 2.48 bits per heavy atom. The van der Waals surface area contributed by atoms with Crippen molar-refractivity contribution in [1.82, 2.24) is 25.2 Å². The molecule has 1 amide bonds. The number of hydrogen-bond acceptors (Lipinski definition) is 4. The van der Waals surface area contributed by atoms with Crippen LogP contribution in [-0.2, 0) is 0 Å². The molecule has 23 heavy (non-hydrogen) atoms. The number of nitrogens with one attached hydrogen (secondary N) is 1. The molecule has 130 valence electrons. The largest absolute Gasteiger partial charge is 0.337 e. The van der Waals surface area contributed by atoms with Gasteiger partial charge < -0.3 is 10.2 Å². The Bertz CT molecular complexity index is 492. The quantitative estimate of drug-likeness (QED) is 0.858. The molecule has 0 atom stereocenters. The van der Waals surface area contributed by atoms with Crippen molar-refractivity contribution >= 4 is 18.3 Å². The Morgan fingerprint density at radius 1 is 1.17 bits per heavy atom. The van der Waals surface area contributed by atoms with Crippen molar-refractivity contribution in [3.63, 3.8) is 0 Å². The van der Waals surface area contributed by atoms with Crippen LogP contribution in [0.5, 0.6) is 0 Å². The van der Waals surface area contributed by atoms with Crippen LogP contribution < -0.4 is 5.32 Å². The van der Waals surface area contributed by atoms with Crippen molar-refractivity contribution < 1.29 is 4.79 Å². The molecule has 0 aromatic carbocycles. The van der Waals surface area contributed by atoms with Crippen LogP contribution in [0.1, 0.15) is 67.9 Å². The fourth-order valence-electron chi connectivity index (χ4n) is 3.62. The van der Waals surface area contributed by atoms with Crippen molar-refractivity contribution in [2.45, 2.75) is 63.5 Å². The number of carbonyl (C=O) groups excluding carboxylic acids is 1. The summed E-state index contributed by atoms with van der Waals surface area (Å²) in [5, 5.41) is 11.7. The van der Waals surface area contributed by atoms with Gasteiger partial charge in [0, 0.05) is 13.1 Å². The van der Waals surface area contributed by atoms with E-state index in [0.29, 0.717) is 17.8 Å².